The highest BCUT2D eigenvalue weighted by Gasteiger charge is 2.24. The van der Waals surface area contributed by atoms with Crippen molar-refractivity contribution in [1.82, 2.24) is 0 Å². The van der Waals surface area contributed by atoms with Crippen molar-refractivity contribution in [3.63, 3.8) is 0 Å². The Morgan fingerprint density at radius 2 is 2.06 bits per heavy atom. The van der Waals surface area contributed by atoms with Crippen LogP contribution in [0.25, 0.3) is 6.08 Å². The van der Waals surface area contributed by atoms with Gasteiger partial charge in [0.1, 0.15) is 11.9 Å². The normalized spacial score (nSPS) is 22.2. The number of methoxy groups -OCH3 is 1. The summed E-state index contributed by atoms with van der Waals surface area (Å²) in [5.74, 6) is 0.604. The monoisotopic (exact) mass is 218 g/mol. The highest BCUT2D eigenvalue weighted by atomic mass is 16.5. The predicted molar refractivity (Wildman–Crippen MR) is 61.1 cm³/mol. The van der Waals surface area contributed by atoms with Gasteiger partial charge in [-0.25, -0.2) is 4.79 Å². The second-order valence-corrected chi connectivity index (χ2v) is 3.86. The molecule has 1 saturated heterocycles. The number of carbonyl (C=O) groups excluding carboxylic acids is 1. The maximum Gasteiger partial charge on any atom is 0.334 e. The van der Waals surface area contributed by atoms with Gasteiger partial charge < -0.3 is 9.47 Å². The molecule has 0 aromatic heterocycles. The molecule has 1 atom stereocenters. The smallest absolute Gasteiger partial charge is 0.334 e. The van der Waals surface area contributed by atoms with Crippen LogP contribution in [0.15, 0.2) is 29.8 Å². The molecule has 0 aliphatic carbocycles. The van der Waals surface area contributed by atoms with Crippen molar-refractivity contribution in [3.05, 3.63) is 35.4 Å². The van der Waals surface area contributed by atoms with Crippen molar-refractivity contribution in [1.29, 1.82) is 0 Å². The molecule has 3 heteroatoms. The first-order valence-electron chi connectivity index (χ1n) is 5.24. The maximum absolute atomic E-state index is 11.4. The van der Waals surface area contributed by atoms with E-state index < -0.39 is 0 Å². The van der Waals surface area contributed by atoms with Crippen LogP contribution in [-0.2, 0) is 9.53 Å². The zero-order valence-electron chi connectivity index (χ0n) is 9.40. The van der Waals surface area contributed by atoms with Crippen molar-refractivity contribution >= 4 is 12.0 Å². The van der Waals surface area contributed by atoms with Crippen LogP contribution in [0, 0.1) is 0 Å². The zero-order valence-corrected chi connectivity index (χ0v) is 9.40. The lowest BCUT2D eigenvalue weighted by atomic mass is 10.1. The van der Waals surface area contributed by atoms with Gasteiger partial charge in [-0.1, -0.05) is 12.1 Å². The third-order valence-electron chi connectivity index (χ3n) is 2.53. The summed E-state index contributed by atoms with van der Waals surface area (Å²) >= 11 is 0. The van der Waals surface area contributed by atoms with E-state index >= 15 is 0 Å². The molecule has 0 spiro atoms. The number of ether oxygens (including phenoxy) is 2. The molecule has 1 aromatic rings. The Labute approximate surface area is 94.7 Å². The lowest BCUT2D eigenvalue weighted by molar-refractivity contribution is -0.138. The minimum absolute atomic E-state index is 0.00278. The first-order chi connectivity index (χ1) is 7.69. The fourth-order valence-electron chi connectivity index (χ4n) is 1.71. The molecule has 1 heterocycles. The molecule has 0 bridgehead atoms. The molecule has 1 aliphatic heterocycles. The van der Waals surface area contributed by atoms with Crippen LogP contribution in [0.4, 0.5) is 0 Å². The second kappa shape index (κ2) is 4.39. The van der Waals surface area contributed by atoms with Gasteiger partial charge in [0.25, 0.3) is 0 Å². The maximum atomic E-state index is 11.4. The highest BCUT2D eigenvalue weighted by Crippen LogP contribution is 2.23. The summed E-state index contributed by atoms with van der Waals surface area (Å²) in [6, 6.07) is 7.58. The molecule has 0 N–H and O–H groups in total. The van der Waals surface area contributed by atoms with E-state index in [1.165, 1.54) is 0 Å². The third-order valence-corrected chi connectivity index (χ3v) is 2.53. The first kappa shape index (κ1) is 10.7. The zero-order chi connectivity index (χ0) is 11.5. The Kier molecular flexibility index (Phi) is 2.95. The van der Waals surface area contributed by atoms with Crippen molar-refractivity contribution in [2.45, 2.75) is 19.4 Å². The summed E-state index contributed by atoms with van der Waals surface area (Å²) in [5, 5.41) is 0. The number of hydrogen-bond acceptors (Lipinski definition) is 3. The van der Waals surface area contributed by atoms with Gasteiger partial charge in [0.15, 0.2) is 0 Å². The standard InChI is InChI=1S/C13H14O3/c1-9-7-11(13(14)16-9)8-10-3-5-12(15-2)6-4-10/h3-6,8-9H,7H2,1-2H3/b11-8+/t9-/m0/s1. The molecule has 3 nitrogen and oxygen atoms in total. The van der Waals surface area contributed by atoms with Crippen LogP contribution in [0.1, 0.15) is 18.9 Å². The lowest BCUT2D eigenvalue weighted by Gasteiger charge is -1.99. The number of esters is 1. The Morgan fingerprint density at radius 1 is 1.38 bits per heavy atom. The highest BCUT2D eigenvalue weighted by molar-refractivity contribution is 5.95. The summed E-state index contributed by atoms with van der Waals surface area (Å²) in [6.07, 6.45) is 2.55. The molecule has 2 rings (SSSR count). The van der Waals surface area contributed by atoms with Crippen LogP contribution in [-0.4, -0.2) is 19.2 Å². The molecule has 0 radical (unpaired) electrons. The SMILES string of the molecule is COc1ccc(/C=C2\C[C@H](C)OC2=O)cc1. The summed E-state index contributed by atoms with van der Waals surface area (Å²) in [4.78, 5) is 11.4. The summed E-state index contributed by atoms with van der Waals surface area (Å²) in [5.41, 5.74) is 1.72. The molecule has 16 heavy (non-hydrogen) atoms. The number of carbonyl (C=O) groups is 1. The van der Waals surface area contributed by atoms with E-state index in [0.717, 1.165) is 16.9 Å². The number of benzene rings is 1. The first-order valence-corrected chi connectivity index (χ1v) is 5.24. The van der Waals surface area contributed by atoms with E-state index in [2.05, 4.69) is 0 Å². The Balaban J connectivity index is 2.19. The van der Waals surface area contributed by atoms with Crippen molar-refractivity contribution in [2.75, 3.05) is 7.11 Å². The number of hydrogen-bond donors (Lipinski definition) is 0. The Morgan fingerprint density at radius 3 is 2.56 bits per heavy atom. The molecule has 84 valence electrons. The Hall–Kier alpha value is -1.77. The van der Waals surface area contributed by atoms with E-state index in [1.807, 2.05) is 37.3 Å². The van der Waals surface area contributed by atoms with Crippen molar-refractivity contribution < 1.29 is 14.3 Å². The van der Waals surface area contributed by atoms with E-state index in [0.29, 0.717) is 6.42 Å². The van der Waals surface area contributed by atoms with Crippen LogP contribution in [0.2, 0.25) is 0 Å². The molecule has 1 fully saturated rings. The van der Waals surface area contributed by atoms with Gasteiger partial charge in [0.05, 0.1) is 7.11 Å². The summed E-state index contributed by atoms with van der Waals surface area (Å²) in [6.45, 7) is 1.90. The number of cyclic esters (lactones) is 1. The fourth-order valence-corrected chi connectivity index (χ4v) is 1.71. The minimum atomic E-state index is -0.205. The average Bonchev–Trinajstić information content (AvgIpc) is 2.59. The fraction of sp³-hybridized carbons (Fsp3) is 0.308. The van der Waals surface area contributed by atoms with E-state index in [-0.39, 0.29) is 12.1 Å². The van der Waals surface area contributed by atoms with Gasteiger partial charge in [-0.05, 0) is 30.7 Å². The molecule has 1 aromatic carbocycles. The second-order valence-electron chi connectivity index (χ2n) is 3.86. The number of rotatable bonds is 2. The molecule has 1 aliphatic rings. The van der Waals surface area contributed by atoms with Crippen LogP contribution in [0.5, 0.6) is 5.75 Å². The van der Waals surface area contributed by atoms with Crippen molar-refractivity contribution in [3.8, 4) is 5.75 Å². The molecule has 0 saturated carbocycles. The minimum Gasteiger partial charge on any atom is -0.497 e. The van der Waals surface area contributed by atoms with Gasteiger partial charge >= 0.3 is 5.97 Å². The van der Waals surface area contributed by atoms with Crippen molar-refractivity contribution in [2.24, 2.45) is 0 Å². The Bertz CT molecular complexity index is 417. The van der Waals surface area contributed by atoms with Crippen LogP contribution in [0.3, 0.4) is 0 Å². The van der Waals surface area contributed by atoms with Gasteiger partial charge in [-0.15, -0.1) is 0 Å². The average molecular weight is 218 g/mol. The largest absolute Gasteiger partial charge is 0.497 e. The summed E-state index contributed by atoms with van der Waals surface area (Å²) < 4.78 is 10.1. The molecule has 0 unspecified atom stereocenters. The van der Waals surface area contributed by atoms with Gasteiger partial charge in [0, 0.05) is 12.0 Å². The van der Waals surface area contributed by atoms with Gasteiger partial charge in [-0.3, -0.25) is 0 Å². The topological polar surface area (TPSA) is 35.5 Å². The van der Waals surface area contributed by atoms with E-state index in [9.17, 15) is 4.79 Å². The quantitative estimate of drug-likeness (QED) is 0.565. The van der Waals surface area contributed by atoms with Crippen LogP contribution >= 0.6 is 0 Å². The van der Waals surface area contributed by atoms with E-state index in [4.69, 9.17) is 9.47 Å². The van der Waals surface area contributed by atoms with Gasteiger partial charge in [0.2, 0.25) is 0 Å². The van der Waals surface area contributed by atoms with Crippen LogP contribution < -0.4 is 4.74 Å². The predicted octanol–water partition coefficient (Wildman–Crippen LogP) is 2.41. The summed E-state index contributed by atoms with van der Waals surface area (Å²) in [7, 11) is 1.63. The van der Waals surface area contributed by atoms with E-state index in [1.54, 1.807) is 7.11 Å². The lowest BCUT2D eigenvalue weighted by Crippen LogP contribution is -1.99. The third kappa shape index (κ3) is 2.24. The molecular formula is C13H14O3. The van der Waals surface area contributed by atoms with Gasteiger partial charge in [-0.2, -0.15) is 0 Å². The molecular weight excluding hydrogens is 204 g/mol. The molecule has 0 amide bonds.